The summed E-state index contributed by atoms with van der Waals surface area (Å²) in [4.78, 5) is 33.1. The van der Waals surface area contributed by atoms with Crippen molar-refractivity contribution < 1.29 is 24.3 Å². The second-order valence-electron chi connectivity index (χ2n) is 8.10. The fourth-order valence-electron chi connectivity index (χ4n) is 4.28. The summed E-state index contributed by atoms with van der Waals surface area (Å²) < 4.78 is 5.41. The van der Waals surface area contributed by atoms with E-state index in [1.54, 1.807) is 41.6 Å². The van der Waals surface area contributed by atoms with Crippen LogP contribution in [0.25, 0.3) is 5.76 Å². The number of pyridine rings is 1. The molecule has 31 heavy (non-hydrogen) atoms. The Bertz CT molecular complexity index is 966. The Hall–Kier alpha value is -3.03. The van der Waals surface area contributed by atoms with Crippen molar-refractivity contribution in [3.05, 3.63) is 71.1 Å². The second kappa shape index (κ2) is 9.41. The van der Waals surface area contributed by atoms with Gasteiger partial charge in [-0.1, -0.05) is 29.8 Å². The molecular weight excluding hydrogens is 394 g/mol. The van der Waals surface area contributed by atoms with Crippen LogP contribution in [0, 0.1) is 6.92 Å². The number of amides is 1. The van der Waals surface area contributed by atoms with Crippen LogP contribution < -0.4 is 4.90 Å². The Balaban J connectivity index is 1.64. The number of morpholine rings is 1. The van der Waals surface area contributed by atoms with Gasteiger partial charge in [0.15, 0.2) is 0 Å². The Kier molecular flexibility index (Phi) is 6.44. The monoisotopic (exact) mass is 422 g/mol. The number of aryl methyl sites for hydroxylation is 1. The van der Waals surface area contributed by atoms with Gasteiger partial charge in [-0.2, -0.15) is 0 Å². The van der Waals surface area contributed by atoms with Gasteiger partial charge in [0.25, 0.3) is 11.7 Å². The van der Waals surface area contributed by atoms with E-state index >= 15 is 0 Å². The Morgan fingerprint density at radius 2 is 1.81 bits per heavy atom. The fourth-order valence-corrected chi connectivity index (χ4v) is 4.28. The van der Waals surface area contributed by atoms with Crippen LogP contribution in [-0.2, 0) is 14.3 Å². The minimum Gasteiger partial charge on any atom is -0.507 e. The van der Waals surface area contributed by atoms with E-state index in [9.17, 15) is 14.7 Å². The quantitative estimate of drug-likeness (QED) is 0.414. The minimum absolute atomic E-state index is 0.138. The van der Waals surface area contributed by atoms with Crippen molar-refractivity contribution in [2.75, 3.05) is 39.4 Å². The molecule has 0 radical (unpaired) electrons. The Labute approximate surface area is 182 Å². The smallest absolute Gasteiger partial charge is 0.295 e. The molecule has 1 amide bonds. The summed E-state index contributed by atoms with van der Waals surface area (Å²) in [5.74, 6) is -1.34. The van der Waals surface area contributed by atoms with Crippen LogP contribution in [0.5, 0.6) is 0 Å². The van der Waals surface area contributed by atoms with Crippen LogP contribution in [0.4, 0.5) is 0 Å². The molecule has 1 aromatic carbocycles. The van der Waals surface area contributed by atoms with E-state index in [1.807, 2.05) is 19.1 Å². The molecule has 0 saturated carbocycles. The molecule has 0 bridgehead atoms. The number of nitrogens with one attached hydrogen (secondary N) is 1. The van der Waals surface area contributed by atoms with Crippen LogP contribution in [-0.4, -0.2) is 66.1 Å². The minimum atomic E-state index is -0.640. The number of quaternary nitrogens is 1. The molecule has 1 atom stereocenters. The van der Waals surface area contributed by atoms with Gasteiger partial charge in [-0.25, -0.2) is 0 Å². The number of aliphatic hydroxyl groups is 1. The highest BCUT2D eigenvalue weighted by Gasteiger charge is 2.45. The molecule has 0 unspecified atom stereocenters. The molecular formula is C24H28N3O4+. The van der Waals surface area contributed by atoms with Gasteiger partial charge in [0, 0.05) is 30.9 Å². The van der Waals surface area contributed by atoms with E-state index in [0.717, 1.165) is 50.4 Å². The molecule has 0 spiro atoms. The van der Waals surface area contributed by atoms with Gasteiger partial charge in [-0.05, 0) is 24.6 Å². The van der Waals surface area contributed by atoms with E-state index in [4.69, 9.17) is 4.74 Å². The summed E-state index contributed by atoms with van der Waals surface area (Å²) in [6.07, 6.45) is 4.05. The maximum atomic E-state index is 13.0. The topological polar surface area (TPSA) is 84.2 Å². The highest BCUT2D eigenvalue weighted by Crippen LogP contribution is 2.39. The lowest BCUT2D eigenvalue weighted by molar-refractivity contribution is -0.908. The number of carbonyl (C=O) groups is 2. The van der Waals surface area contributed by atoms with Crippen molar-refractivity contribution in [1.82, 2.24) is 9.88 Å². The number of aromatic nitrogens is 1. The van der Waals surface area contributed by atoms with E-state index in [2.05, 4.69) is 4.98 Å². The van der Waals surface area contributed by atoms with Crippen molar-refractivity contribution >= 4 is 17.4 Å². The zero-order valence-corrected chi connectivity index (χ0v) is 17.7. The molecule has 2 saturated heterocycles. The van der Waals surface area contributed by atoms with Crippen molar-refractivity contribution in [2.45, 2.75) is 19.4 Å². The summed E-state index contributed by atoms with van der Waals surface area (Å²) >= 11 is 0. The first-order chi connectivity index (χ1) is 15.1. The number of rotatable bonds is 6. The SMILES string of the molecule is Cc1ccc(/C(O)=C2\C(=O)C(=O)N(CCC[NH+]3CCOCC3)[C@H]2c2ccncc2)cc1. The van der Waals surface area contributed by atoms with E-state index in [1.165, 1.54) is 4.90 Å². The maximum Gasteiger partial charge on any atom is 0.295 e. The normalized spacial score (nSPS) is 21.6. The van der Waals surface area contributed by atoms with Crippen molar-refractivity contribution in [3.8, 4) is 0 Å². The van der Waals surface area contributed by atoms with Gasteiger partial charge in [0.05, 0.1) is 31.4 Å². The summed E-state index contributed by atoms with van der Waals surface area (Å²) in [6.45, 7) is 6.75. The number of likely N-dealkylation sites (tertiary alicyclic amines) is 1. The average Bonchev–Trinajstić information content (AvgIpc) is 3.05. The van der Waals surface area contributed by atoms with Crippen LogP contribution in [0.3, 0.4) is 0 Å². The number of ketones is 1. The first kappa shape index (κ1) is 21.2. The number of aliphatic hydroxyl groups excluding tert-OH is 1. The van der Waals surface area contributed by atoms with E-state index in [-0.39, 0.29) is 11.3 Å². The van der Waals surface area contributed by atoms with E-state index < -0.39 is 17.7 Å². The number of carbonyl (C=O) groups excluding carboxylic acids is 2. The molecule has 2 aliphatic rings. The van der Waals surface area contributed by atoms with Gasteiger partial charge in [0.1, 0.15) is 18.8 Å². The molecule has 3 heterocycles. The summed E-state index contributed by atoms with van der Waals surface area (Å²) in [6, 6.07) is 10.2. The van der Waals surface area contributed by atoms with Crippen LogP contribution in [0.1, 0.15) is 29.2 Å². The Morgan fingerprint density at radius 3 is 2.48 bits per heavy atom. The molecule has 162 valence electrons. The van der Waals surface area contributed by atoms with Crippen LogP contribution in [0.2, 0.25) is 0 Å². The van der Waals surface area contributed by atoms with Crippen LogP contribution >= 0.6 is 0 Å². The highest BCUT2D eigenvalue weighted by molar-refractivity contribution is 6.46. The highest BCUT2D eigenvalue weighted by atomic mass is 16.5. The molecule has 2 aliphatic heterocycles. The van der Waals surface area contributed by atoms with Crippen molar-refractivity contribution in [2.24, 2.45) is 0 Å². The average molecular weight is 423 g/mol. The molecule has 7 nitrogen and oxygen atoms in total. The predicted octanol–water partition coefficient (Wildman–Crippen LogP) is 1.12. The van der Waals surface area contributed by atoms with E-state index in [0.29, 0.717) is 12.1 Å². The third kappa shape index (κ3) is 4.52. The number of benzene rings is 1. The van der Waals surface area contributed by atoms with Crippen molar-refractivity contribution in [1.29, 1.82) is 0 Å². The predicted molar refractivity (Wildman–Crippen MR) is 115 cm³/mol. The zero-order valence-electron chi connectivity index (χ0n) is 17.7. The summed E-state index contributed by atoms with van der Waals surface area (Å²) in [5, 5.41) is 11.0. The largest absolute Gasteiger partial charge is 0.507 e. The number of ether oxygens (including phenoxy) is 1. The summed E-state index contributed by atoms with van der Waals surface area (Å²) in [5.41, 5.74) is 2.48. The standard InChI is InChI=1S/C24H27N3O4/c1-17-3-5-19(6-4-17)22(28)20-21(18-7-9-25-10-8-18)27(24(30)23(20)29)12-2-11-26-13-15-31-16-14-26/h3-10,21,28H,2,11-16H2,1H3/p+1/b22-20+/t21-/m0/s1. The van der Waals surface area contributed by atoms with Gasteiger partial charge < -0.3 is 19.6 Å². The lowest BCUT2D eigenvalue weighted by Crippen LogP contribution is -3.14. The number of hydrogen-bond donors (Lipinski definition) is 2. The molecule has 2 aromatic rings. The summed E-state index contributed by atoms with van der Waals surface area (Å²) in [7, 11) is 0. The zero-order chi connectivity index (χ0) is 21.8. The molecule has 1 aromatic heterocycles. The number of Topliss-reactive ketones (excluding diaryl/α,β-unsaturated/α-hetero) is 1. The van der Waals surface area contributed by atoms with Gasteiger partial charge in [-0.15, -0.1) is 0 Å². The van der Waals surface area contributed by atoms with Crippen molar-refractivity contribution in [3.63, 3.8) is 0 Å². The lowest BCUT2D eigenvalue weighted by atomic mass is 9.95. The van der Waals surface area contributed by atoms with Gasteiger partial charge >= 0.3 is 0 Å². The second-order valence-corrected chi connectivity index (χ2v) is 8.10. The lowest BCUT2D eigenvalue weighted by Gasteiger charge is -2.27. The first-order valence-electron chi connectivity index (χ1n) is 10.7. The first-order valence-corrected chi connectivity index (χ1v) is 10.7. The Morgan fingerprint density at radius 1 is 1.13 bits per heavy atom. The molecule has 4 rings (SSSR count). The van der Waals surface area contributed by atoms with Gasteiger partial charge in [-0.3, -0.25) is 14.6 Å². The van der Waals surface area contributed by atoms with Gasteiger partial charge in [0.2, 0.25) is 0 Å². The third-order valence-electron chi connectivity index (χ3n) is 6.02. The fraction of sp³-hybridized carbons (Fsp3) is 0.375. The van der Waals surface area contributed by atoms with Crippen LogP contribution in [0.15, 0.2) is 54.4 Å². The molecule has 0 aliphatic carbocycles. The molecule has 7 heteroatoms. The number of nitrogens with zero attached hydrogens (tertiary/aromatic N) is 2. The molecule has 2 N–H and O–H groups in total. The number of hydrogen-bond acceptors (Lipinski definition) is 5. The third-order valence-corrected chi connectivity index (χ3v) is 6.02. The molecule has 2 fully saturated rings. The maximum absolute atomic E-state index is 13.0.